The maximum Gasteiger partial charge on any atom is 0.0751 e. The summed E-state index contributed by atoms with van der Waals surface area (Å²) in [7, 11) is 0. The molecule has 0 radical (unpaired) electrons. The first-order chi connectivity index (χ1) is 9.20. The van der Waals surface area contributed by atoms with Gasteiger partial charge < -0.3 is 5.32 Å². The van der Waals surface area contributed by atoms with E-state index in [4.69, 9.17) is 23.2 Å². The standard InChI is InChI=1S/C15H16Cl2N2/c1-2-9-18-15(11-3-5-12(16)6-4-11)14-8-7-13(17)10-19-14/h3-8,10,15,18H,2,9H2,1H3. The molecule has 0 fully saturated rings. The van der Waals surface area contributed by atoms with Crippen LogP contribution in [-0.2, 0) is 0 Å². The predicted octanol–water partition coefficient (Wildman–Crippen LogP) is 4.48. The van der Waals surface area contributed by atoms with Crippen molar-refractivity contribution >= 4 is 23.2 Å². The summed E-state index contributed by atoms with van der Waals surface area (Å²) in [6.07, 6.45) is 2.74. The van der Waals surface area contributed by atoms with Crippen molar-refractivity contribution in [2.75, 3.05) is 6.54 Å². The van der Waals surface area contributed by atoms with E-state index in [-0.39, 0.29) is 6.04 Å². The number of halogens is 2. The van der Waals surface area contributed by atoms with Crippen molar-refractivity contribution in [2.45, 2.75) is 19.4 Å². The van der Waals surface area contributed by atoms with Crippen molar-refractivity contribution in [3.63, 3.8) is 0 Å². The Bertz CT molecular complexity index is 463. The van der Waals surface area contributed by atoms with Crippen molar-refractivity contribution < 1.29 is 0 Å². The molecule has 19 heavy (non-hydrogen) atoms. The van der Waals surface area contributed by atoms with Crippen molar-refractivity contribution in [1.82, 2.24) is 10.3 Å². The van der Waals surface area contributed by atoms with Gasteiger partial charge in [-0.3, -0.25) is 4.98 Å². The first-order valence-corrected chi connectivity index (χ1v) is 7.06. The smallest absolute Gasteiger partial charge is 0.0751 e. The number of hydrogen-bond acceptors (Lipinski definition) is 2. The van der Waals surface area contributed by atoms with Gasteiger partial charge in [-0.25, -0.2) is 0 Å². The van der Waals surface area contributed by atoms with Crippen LogP contribution in [0.5, 0.6) is 0 Å². The number of benzene rings is 1. The topological polar surface area (TPSA) is 24.9 Å². The molecule has 1 heterocycles. The van der Waals surface area contributed by atoms with Crippen LogP contribution in [0, 0.1) is 0 Å². The number of pyridine rings is 1. The molecule has 100 valence electrons. The summed E-state index contributed by atoms with van der Waals surface area (Å²) < 4.78 is 0. The second-order valence-corrected chi connectivity index (χ2v) is 5.21. The molecule has 1 N–H and O–H groups in total. The van der Waals surface area contributed by atoms with Gasteiger partial charge in [0, 0.05) is 11.2 Å². The molecule has 1 aromatic heterocycles. The molecule has 0 aliphatic carbocycles. The second kappa shape index (κ2) is 6.90. The number of rotatable bonds is 5. The summed E-state index contributed by atoms with van der Waals surface area (Å²) >= 11 is 11.8. The van der Waals surface area contributed by atoms with E-state index in [0.717, 1.165) is 29.2 Å². The summed E-state index contributed by atoms with van der Waals surface area (Å²) in [6, 6.07) is 11.7. The van der Waals surface area contributed by atoms with E-state index in [1.807, 2.05) is 36.4 Å². The Kier molecular flexibility index (Phi) is 5.20. The quantitative estimate of drug-likeness (QED) is 0.880. The lowest BCUT2D eigenvalue weighted by molar-refractivity contribution is 0.586. The fourth-order valence-electron chi connectivity index (χ4n) is 1.90. The SMILES string of the molecule is CCCNC(c1ccc(Cl)cc1)c1ccc(Cl)cn1. The lowest BCUT2D eigenvalue weighted by atomic mass is 10.0. The lowest BCUT2D eigenvalue weighted by Crippen LogP contribution is -2.24. The second-order valence-electron chi connectivity index (χ2n) is 4.34. The Morgan fingerprint density at radius 2 is 1.74 bits per heavy atom. The van der Waals surface area contributed by atoms with Crippen LogP contribution in [0.25, 0.3) is 0 Å². The minimum absolute atomic E-state index is 0.0643. The third kappa shape index (κ3) is 3.93. The van der Waals surface area contributed by atoms with Gasteiger partial charge in [0.2, 0.25) is 0 Å². The molecule has 0 spiro atoms. The van der Waals surface area contributed by atoms with Gasteiger partial charge in [0.1, 0.15) is 0 Å². The highest BCUT2D eigenvalue weighted by Gasteiger charge is 2.14. The van der Waals surface area contributed by atoms with Crippen LogP contribution >= 0.6 is 23.2 Å². The van der Waals surface area contributed by atoms with E-state index in [9.17, 15) is 0 Å². The van der Waals surface area contributed by atoms with Gasteiger partial charge in [-0.15, -0.1) is 0 Å². The van der Waals surface area contributed by atoms with Gasteiger partial charge in [-0.1, -0.05) is 42.3 Å². The Morgan fingerprint density at radius 3 is 2.32 bits per heavy atom. The fraction of sp³-hybridized carbons (Fsp3) is 0.267. The van der Waals surface area contributed by atoms with Gasteiger partial charge in [-0.2, -0.15) is 0 Å². The van der Waals surface area contributed by atoms with Crippen molar-refractivity contribution in [3.05, 3.63) is 63.9 Å². The van der Waals surface area contributed by atoms with Crippen LogP contribution in [-0.4, -0.2) is 11.5 Å². The number of nitrogens with one attached hydrogen (secondary N) is 1. The van der Waals surface area contributed by atoms with Gasteiger partial charge >= 0.3 is 0 Å². The summed E-state index contributed by atoms with van der Waals surface area (Å²) in [4.78, 5) is 4.40. The van der Waals surface area contributed by atoms with Crippen LogP contribution in [0.4, 0.5) is 0 Å². The molecule has 0 saturated heterocycles. The predicted molar refractivity (Wildman–Crippen MR) is 80.8 cm³/mol. The summed E-state index contributed by atoms with van der Waals surface area (Å²) in [6.45, 7) is 3.07. The monoisotopic (exact) mass is 294 g/mol. The van der Waals surface area contributed by atoms with Crippen molar-refractivity contribution in [3.8, 4) is 0 Å². The molecular weight excluding hydrogens is 279 g/mol. The van der Waals surface area contributed by atoms with Crippen LogP contribution in [0.2, 0.25) is 10.0 Å². The Balaban J connectivity index is 2.29. The summed E-state index contributed by atoms with van der Waals surface area (Å²) in [5.41, 5.74) is 2.10. The first kappa shape index (κ1) is 14.3. The third-order valence-electron chi connectivity index (χ3n) is 2.85. The van der Waals surface area contributed by atoms with E-state index in [1.54, 1.807) is 6.20 Å². The highest BCUT2D eigenvalue weighted by Crippen LogP contribution is 2.23. The van der Waals surface area contributed by atoms with Crippen LogP contribution in [0.3, 0.4) is 0 Å². The minimum atomic E-state index is 0.0643. The number of aromatic nitrogens is 1. The molecule has 1 unspecified atom stereocenters. The highest BCUT2D eigenvalue weighted by atomic mass is 35.5. The largest absolute Gasteiger partial charge is 0.305 e. The molecule has 0 bridgehead atoms. The van der Waals surface area contributed by atoms with Crippen molar-refractivity contribution in [1.29, 1.82) is 0 Å². The van der Waals surface area contributed by atoms with Crippen molar-refractivity contribution in [2.24, 2.45) is 0 Å². The molecule has 2 nitrogen and oxygen atoms in total. The molecule has 0 saturated carbocycles. The molecule has 0 amide bonds. The maximum absolute atomic E-state index is 5.93. The molecule has 1 aromatic carbocycles. The van der Waals surface area contributed by atoms with Gasteiger partial charge in [-0.05, 0) is 42.8 Å². The molecular formula is C15H16Cl2N2. The zero-order chi connectivity index (χ0) is 13.7. The lowest BCUT2D eigenvalue weighted by Gasteiger charge is -2.18. The molecule has 0 aliphatic heterocycles. The van der Waals surface area contributed by atoms with Gasteiger partial charge in [0.05, 0.1) is 16.8 Å². The highest BCUT2D eigenvalue weighted by molar-refractivity contribution is 6.30. The molecule has 2 aromatic rings. The molecule has 4 heteroatoms. The van der Waals surface area contributed by atoms with Crippen LogP contribution < -0.4 is 5.32 Å². The zero-order valence-corrected chi connectivity index (χ0v) is 12.2. The Hall–Kier alpha value is -1.09. The van der Waals surface area contributed by atoms with Gasteiger partial charge in [0.25, 0.3) is 0 Å². The number of hydrogen-bond donors (Lipinski definition) is 1. The average molecular weight is 295 g/mol. The Labute approximate surface area is 123 Å². The van der Waals surface area contributed by atoms with E-state index in [1.165, 1.54) is 0 Å². The molecule has 0 aliphatic rings. The summed E-state index contributed by atoms with van der Waals surface area (Å²) in [5.74, 6) is 0. The number of nitrogens with zero attached hydrogens (tertiary/aromatic N) is 1. The Morgan fingerprint density at radius 1 is 1.05 bits per heavy atom. The van der Waals surface area contributed by atoms with Crippen LogP contribution in [0.1, 0.15) is 30.6 Å². The minimum Gasteiger partial charge on any atom is -0.305 e. The normalized spacial score (nSPS) is 12.4. The van der Waals surface area contributed by atoms with Crippen LogP contribution in [0.15, 0.2) is 42.6 Å². The average Bonchev–Trinajstić information content (AvgIpc) is 2.43. The van der Waals surface area contributed by atoms with Gasteiger partial charge in [0.15, 0.2) is 0 Å². The van der Waals surface area contributed by atoms with E-state index in [0.29, 0.717) is 5.02 Å². The first-order valence-electron chi connectivity index (χ1n) is 6.31. The molecule has 1 atom stereocenters. The third-order valence-corrected chi connectivity index (χ3v) is 3.32. The summed E-state index contributed by atoms with van der Waals surface area (Å²) in [5, 5.41) is 4.88. The van der Waals surface area contributed by atoms with E-state index >= 15 is 0 Å². The maximum atomic E-state index is 5.93. The fourth-order valence-corrected chi connectivity index (χ4v) is 2.13. The zero-order valence-electron chi connectivity index (χ0n) is 10.7. The van der Waals surface area contributed by atoms with E-state index < -0.39 is 0 Å². The van der Waals surface area contributed by atoms with E-state index in [2.05, 4.69) is 17.2 Å². The molecule has 2 rings (SSSR count).